The second-order valence-electron chi connectivity index (χ2n) is 17.0. The molecule has 1 fully saturated rings. The number of nitrogens with zero attached hydrogens (tertiary/aromatic N) is 1. The molecule has 1 nitrogen and oxygen atoms in total. The zero-order valence-electron chi connectivity index (χ0n) is 34.1. The predicted octanol–water partition coefficient (Wildman–Crippen LogP) is 16.8. The number of hydrogen-bond donors (Lipinski definition) is 0. The van der Waals surface area contributed by atoms with Gasteiger partial charge in [-0.2, -0.15) is 0 Å². The van der Waals surface area contributed by atoms with Gasteiger partial charge in [0.25, 0.3) is 0 Å². The van der Waals surface area contributed by atoms with Crippen LogP contribution in [0.1, 0.15) is 65.8 Å². The number of fused-ring (bicyclic) bond motifs is 8. The van der Waals surface area contributed by atoms with E-state index in [9.17, 15) is 0 Å². The zero-order valence-corrected chi connectivity index (χ0v) is 34.9. The number of thiophene rings is 1. The Bertz CT molecular complexity index is 3170. The average molecular weight is 800 g/mol. The molecule has 0 aliphatic heterocycles. The van der Waals surface area contributed by atoms with Gasteiger partial charge < -0.3 is 4.90 Å². The third kappa shape index (κ3) is 5.73. The van der Waals surface area contributed by atoms with Crippen molar-refractivity contribution in [3.05, 3.63) is 234 Å². The normalized spacial score (nSPS) is 14.6. The first-order chi connectivity index (χ1) is 30.3. The standard InChI is InChI=1S/C59H45NS/c1-4-16-40(17-5-1)41-30-35-46(36-31-41)60(47-37-32-43(33-38-47)49-25-14-26-50-51-39-34-42-18-10-11-23-48(42)58(51)61-57(49)50)55-29-15-28-54-56(55)52-24-12-13-27-53(52)59(54,44-19-6-2-7-20-44)45-21-8-3-9-22-45/h2-3,6-15,18-40H,1,4-5,16-17H2. The topological polar surface area (TPSA) is 3.24 Å². The lowest BCUT2D eigenvalue weighted by atomic mass is 9.68. The van der Waals surface area contributed by atoms with E-state index < -0.39 is 5.41 Å². The highest BCUT2D eigenvalue weighted by molar-refractivity contribution is 7.27. The minimum Gasteiger partial charge on any atom is -0.310 e. The molecule has 1 saturated carbocycles. The molecule has 2 heteroatoms. The van der Waals surface area contributed by atoms with Crippen LogP contribution in [0.4, 0.5) is 17.1 Å². The summed E-state index contributed by atoms with van der Waals surface area (Å²) in [5.74, 6) is 0.648. The highest BCUT2D eigenvalue weighted by atomic mass is 32.1. The summed E-state index contributed by atoms with van der Waals surface area (Å²) >= 11 is 1.92. The summed E-state index contributed by atoms with van der Waals surface area (Å²) in [6.07, 6.45) is 6.60. The van der Waals surface area contributed by atoms with Crippen molar-refractivity contribution in [3.8, 4) is 22.3 Å². The predicted molar refractivity (Wildman–Crippen MR) is 260 cm³/mol. The highest BCUT2D eigenvalue weighted by Gasteiger charge is 2.47. The number of anilines is 3. The van der Waals surface area contributed by atoms with Crippen LogP contribution in [0.15, 0.2) is 206 Å². The van der Waals surface area contributed by atoms with Gasteiger partial charge in [0, 0.05) is 37.1 Å². The molecule has 10 aromatic rings. The Kier molecular flexibility index (Phi) is 8.75. The zero-order chi connectivity index (χ0) is 40.3. The maximum Gasteiger partial charge on any atom is 0.0714 e. The summed E-state index contributed by atoms with van der Waals surface area (Å²) in [5.41, 5.74) is 14.8. The summed E-state index contributed by atoms with van der Waals surface area (Å²) in [6, 6.07) is 77.5. The molecule has 0 unspecified atom stereocenters. The van der Waals surface area contributed by atoms with Gasteiger partial charge in [-0.05, 0) is 104 Å². The minimum absolute atomic E-state index is 0.473. The van der Waals surface area contributed by atoms with Crippen molar-refractivity contribution in [3.63, 3.8) is 0 Å². The van der Waals surface area contributed by atoms with Crippen LogP contribution in [0.3, 0.4) is 0 Å². The smallest absolute Gasteiger partial charge is 0.0714 e. The summed E-state index contributed by atoms with van der Waals surface area (Å²) in [7, 11) is 0. The van der Waals surface area contributed by atoms with E-state index in [4.69, 9.17) is 0 Å². The van der Waals surface area contributed by atoms with Crippen LogP contribution in [0, 0.1) is 0 Å². The first-order valence-corrected chi connectivity index (χ1v) is 22.8. The minimum atomic E-state index is -0.473. The largest absolute Gasteiger partial charge is 0.310 e. The second-order valence-corrected chi connectivity index (χ2v) is 18.0. The summed E-state index contributed by atoms with van der Waals surface area (Å²) in [4.78, 5) is 2.52. The van der Waals surface area contributed by atoms with Crippen LogP contribution in [-0.2, 0) is 5.41 Å². The van der Waals surface area contributed by atoms with Crippen molar-refractivity contribution in [1.29, 1.82) is 0 Å². The molecule has 12 rings (SSSR count). The number of rotatable bonds is 7. The van der Waals surface area contributed by atoms with Gasteiger partial charge in [-0.25, -0.2) is 0 Å². The van der Waals surface area contributed by atoms with Gasteiger partial charge in [0.05, 0.1) is 11.1 Å². The van der Waals surface area contributed by atoms with Crippen molar-refractivity contribution in [2.75, 3.05) is 4.90 Å². The lowest BCUT2D eigenvalue weighted by Gasteiger charge is -2.34. The summed E-state index contributed by atoms with van der Waals surface area (Å²) < 4.78 is 2.70. The molecule has 292 valence electrons. The van der Waals surface area contributed by atoms with Gasteiger partial charge in [-0.3, -0.25) is 0 Å². The molecule has 61 heavy (non-hydrogen) atoms. The van der Waals surface area contributed by atoms with E-state index in [0.29, 0.717) is 5.92 Å². The van der Waals surface area contributed by atoms with Crippen LogP contribution >= 0.6 is 11.3 Å². The van der Waals surface area contributed by atoms with Crippen LogP contribution in [0.5, 0.6) is 0 Å². The highest BCUT2D eigenvalue weighted by Crippen LogP contribution is 2.59. The molecular weight excluding hydrogens is 755 g/mol. The fourth-order valence-electron chi connectivity index (χ4n) is 11.0. The molecule has 9 aromatic carbocycles. The fourth-order valence-corrected chi connectivity index (χ4v) is 12.3. The van der Waals surface area contributed by atoms with Gasteiger partial charge in [0.2, 0.25) is 0 Å². The van der Waals surface area contributed by atoms with Crippen LogP contribution < -0.4 is 4.90 Å². The molecule has 0 atom stereocenters. The SMILES string of the molecule is c1ccc(C2(c3ccccc3)c3ccccc3-c3c(N(c4ccc(-c5cccc6c5sc5c7ccccc7ccc65)cc4)c4ccc(C5CCCCC5)cc4)cccc32)cc1. The van der Waals surface area contributed by atoms with Crippen LogP contribution in [0.2, 0.25) is 0 Å². The Morgan fingerprint density at radius 3 is 1.77 bits per heavy atom. The Morgan fingerprint density at radius 2 is 1.02 bits per heavy atom. The van der Waals surface area contributed by atoms with E-state index in [1.54, 1.807) is 0 Å². The van der Waals surface area contributed by atoms with E-state index in [0.717, 1.165) is 5.69 Å². The quantitative estimate of drug-likeness (QED) is 0.155. The Balaban J connectivity index is 1.05. The molecule has 0 radical (unpaired) electrons. The lowest BCUT2D eigenvalue weighted by molar-refractivity contribution is 0.443. The third-order valence-electron chi connectivity index (χ3n) is 13.8. The molecule has 0 amide bonds. The molecular formula is C59H45NS. The Hall–Kier alpha value is -6.74. The van der Waals surface area contributed by atoms with Crippen molar-refractivity contribution in [2.24, 2.45) is 0 Å². The molecule has 0 N–H and O–H groups in total. The average Bonchev–Trinajstić information content (AvgIpc) is 3.88. The maximum absolute atomic E-state index is 2.52. The fraction of sp³-hybridized carbons (Fsp3) is 0.119. The maximum atomic E-state index is 2.52. The molecule has 0 saturated heterocycles. The molecule has 0 bridgehead atoms. The number of benzene rings is 9. The van der Waals surface area contributed by atoms with E-state index in [2.05, 4.69) is 211 Å². The second kappa shape index (κ2) is 14.8. The van der Waals surface area contributed by atoms with Crippen molar-refractivity contribution < 1.29 is 0 Å². The molecule has 0 spiro atoms. The lowest BCUT2D eigenvalue weighted by Crippen LogP contribution is -2.28. The third-order valence-corrected chi connectivity index (χ3v) is 15.0. The number of hydrogen-bond acceptors (Lipinski definition) is 2. The van der Waals surface area contributed by atoms with Crippen molar-refractivity contribution in [1.82, 2.24) is 0 Å². The van der Waals surface area contributed by atoms with E-state index in [1.807, 2.05) is 11.3 Å². The molecule has 2 aliphatic carbocycles. The van der Waals surface area contributed by atoms with Gasteiger partial charge in [-0.15, -0.1) is 11.3 Å². The Labute approximate surface area is 362 Å². The molecule has 1 aromatic heterocycles. The summed E-state index contributed by atoms with van der Waals surface area (Å²) in [5, 5.41) is 5.28. The molecule has 1 heterocycles. The van der Waals surface area contributed by atoms with E-state index >= 15 is 0 Å². The van der Waals surface area contributed by atoms with Gasteiger partial charge >= 0.3 is 0 Å². The monoisotopic (exact) mass is 799 g/mol. The van der Waals surface area contributed by atoms with Gasteiger partial charge in [0.15, 0.2) is 0 Å². The Morgan fingerprint density at radius 1 is 0.426 bits per heavy atom. The van der Waals surface area contributed by atoms with Crippen molar-refractivity contribution >= 4 is 59.3 Å². The van der Waals surface area contributed by atoms with E-state index in [1.165, 1.54) is 124 Å². The van der Waals surface area contributed by atoms with Gasteiger partial charge in [0.1, 0.15) is 0 Å². The van der Waals surface area contributed by atoms with Crippen LogP contribution in [0.25, 0.3) is 53.2 Å². The van der Waals surface area contributed by atoms with Crippen LogP contribution in [-0.4, -0.2) is 0 Å². The summed E-state index contributed by atoms with van der Waals surface area (Å²) in [6.45, 7) is 0. The van der Waals surface area contributed by atoms with Crippen molar-refractivity contribution in [2.45, 2.75) is 43.4 Å². The van der Waals surface area contributed by atoms with E-state index in [-0.39, 0.29) is 0 Å². The first-order valence-electron chi connectivity index (χ1n) is 22.0. The first kappa shape index (κ1) is 36.1. The molecule has 2 aliphatic rings. The van der Waals surface area contributed by atoms with Gasteiger partial charge in [-0.1, -0.05) is 195 Å².